The molecule has 16 heavy (non-hydrogen) atoms. The minimum atomic E-state index is 0.255. The van der Waals surface area contributed by atoms with Crippen molar-refractivity contribution in [1.29, 1.82) is 0 Å². The summed E-state index contributed by atoms with van der Waals surface area (Å²) in [5, 5.41) is 3.59. The Balaban J connectivity index is 2.17. The summed E-state index contributed by atoms with van der Waals surface area (Å²) in [4.78, 5) is 2.64. The monoisotopic (exact) mass is 226 g/mol. The third kappa shape index (κ3) is 5.31. The van der Waals surface area contributed by atoms with Crippen molar-refractivity contribution in [3.63, 3.8) is 0 Å². The smallest absolute Gasteiger partial charge is 0.00966 e. The van der Waals surface area contributed by atoms with Gasteiger partial charge in [0.1, 0.15) is 0 Å². The molecular formula is C14H30N2. The van der Waals surface area contributed by atoms with Crippen molar-refractivity contribution in [1.82, 2.24) is 10.2 Å². The molecule has 1 aliphatic rings. The van der Waals surface area contributed by atoms with E-state index >= 15 is 0 Å². The molecule has 0 aromatic carbocycles. The fourth-order valence-corrected chi connectivity index (χ4v) is 2.40. The molecule has 1 N–H and O–H groups in total. The van der Waals surface area contributed by atoms with Gasteiger partial charge in [0.05, 0.1) is 0 Å². The number of hydrogen-bond donors (Lipinski definition) is 1. The van der Waals surface area contributed by atoms with Gasteiger partial charge < -0.3 is 10.2 Å². The predicted molar refractivity (Wildman–Crippen MR) is 71.8 cm³/mol. The number of rotatable bonds is 5. The van der Waals surface area contributed by atoms with Gasteiger partial charge >= 0.3 is 0 Å². The van der Waals surface area contributed by atoms with Gasteiger partial charge in [-0.05, 0) is 52.1 Å². The molecule has 2 nitrogen and oxygen atoms in total. The predicted octanol–water partition coefficient (Wildman–Crippen LogP) is 2.74. The lowest BCUT2D eigenvalue weighted by molar-refractivity contribution is 0.260. The van der Waals surface area contributed by atoms with E-state index in [-0.39, 0.29) is 5.54 Å². The minimum absolute atomic E-state index is 0.255. The van der Waals surface area contributed by atoms with Crippen molar-refractivity contribution in [2.45, 2.75) is 53.0 Å². The first-order valence-corrected chi connectivity index (χ1v) is 6.88. The molecule has 2 unspecified atom stereocenters. The minimum Gasteiger partial charge on any atom is -0.312 e. The fraction of sp³-hybridized carbons (Fsp3) is 1.00. The molecule has 1 heterocycles. The van der Waals surface area contributed by atoms with Gasteiger partial charge in [-0.15, -0.1) is 0 Å². The van der Waals surface area contributed by atoms with Crippen LogP contribution in [-0.2, 0) is 0 Å². The molecule has 0 spiro atoms. The van der Waals surface area contributed by atoms with E-state index in [1.807, 2.05) is 0 Å². The maximum atomic E-state index is 3.59. The van der Waals surface area contributed by atoms with Crippen LogP contribution in [0.1, 0.15) is 47.5 Å². The summed E-state index contributed by atoms with van der Waals surface area (Å²) in [6.07, 6.45) is 2.76. The summed E-state index contributed by atoms with van der Waals surface area (Å²) in [6.45, 7) is 16.4. The van der Waals surface area contributed by atoms with Crippen LogP contribution in [0.25, 0.3) is 0 Å². The maximum Gasteiger partial charge on any atom is 0.00966 e. The zero-order valence-corrected chi connectivity index (χ0v) is 11.8. The standard InChI is InChI=1S/C14H30N2/c1-6-13-7-8-16(11-13)10-12(2)9-15-14(3,4)5/h12-13,15H,6-11H2,1-5H3. The Labute approximate surface area is 102 Å². The van der Waals surface area contributed by atoms with Crippen molar-refractivity contribution < 1.29 is 0 Å². The Kier molecular flexibility index (Phi) is 5.26. The first kappa shape index (κ1) is 14.0. The second-order valence-corrected chi connectivity index (χ2v) is 6.56. The van der Waals surface area contributed by atoms with E-state index in [0.29, 0.717) is 0 Å². The Morgan fingerprint density at radius 2 is 2.06 bits per heavy atom. The summed E-state index contributed by atoms with van der Waals surface area (Å²) < 4.78 is 0. The Morgan fingerprint density at radius 1 is 1.38 bits per heavy atom. The molecule has 0 radical (unpaired) electrons. The summed E-state index contributed by atoms with van der Waals surface area (Å²) in [5.41, 5.74) is 0.255. The molecule has 2 heteroatoms. The molecule has 1 fully saturated rings. The molecule has 0 aromatic rings. The summed E-state index contributed by atoms with van der Waals surface area (Å²) >= 11 is 0. The third-order valence-corrected chi connectivity index (χ3v) is 3.50. The van der Waals surface area contributed by atoms with Crippen molar-refractivity contribution in [2.75, 3.05) is 26.2 Å². The van der Waals surface area contributed by atoms with Crippen molar-refractivity contribution in [2.24, 2.45) is 11.8 Å². The summed E-state index contributed by atoms with van der Waals surface area (Å²) in [7, 11) is 0. The van der Waals surface area contributed by atoms with Crippen LogP contribution < -0.4 is 5.32 Å². The van der Waals surface area contributed by atoms with Gasteiger partial charge in [-0.25, -0.2) is 0 Å². The topological polar surface area (TPSA) is 15.3 Å². The second kappa shape index (κ2) is 6.02. The lowest BCUT2D eigenvalue weighted by Crippen LogP contribution is -2.41. The van der Waals surface area contributed by atoms with E-state index in [9.17, 15) is 0 Å². The van der Waals surface area contributed by atoms with Crippen LogP contribution in [0.5, 0.6) is 0 Å². The van der Waals surface area contributed by atoms with E-state index in [2.05, 4.69) is 44.8 Å². The molecular weight excluding hydrogens is 196 g/mol. The second-order valence-electron chi connectivity index (χ2n) is 6.56. The van der Waals surface area contributed by atoms with Gasteiger partial charge in [0.2, 0.25) is 0 Å². The average molecular weight is 226 g/mol. The normalized spacial score (nSPS) is 24.9. The molecule has 1 aliphatic heterocycles. The highest BCUT2D eigenvalue weighted by atomic mass is 15.1. The van der Waals surface area contributed by atoms with E-state index in [1.54, 1.807) is 0 Å². The number of likely N-dealkylation sites (tertiary alicyclic amines) is 1. The highest BCUT2D eigenvalue weighted by molar-refractivity contribution is 4.78. The van der Waals surface area contributed by atoms with Crippen LogP contribution in [0.2, 0.25) is 0 Å². The molecule has 0 amide bonds. The maximum absolute atomic E-state index is 3.59. The van der Waals surface area contributed by atoms with E-state index in [4.69, 9.17) is 0 Å². The first-order valence-electron chi connectivity index (χ1n) is 6.88. The van der Waals surface area contributed by atoms with Gasteiger partial charge in [0, 0.05) is 18.6 Å². The molecule has 1 saturated heterocycles. The molecule has 1 rings (SSSR count). The summed E-state index contributed by atoms with van der Waals surface area (Å²) in [6, 6.07) is 0. The van der Waals surface area contributed by atoms with Crippen molar-refractivity contribution in [3.05, 3.63) is 0 Å². The van der Waals surface area contributed by atoms with E-state index in [0.717, 1.165) is 18.4 Å². The van der Waals surface area contributed by atoms with Crippen molar-refractivity contribution >= 4 is 0 Å². The first-order chi connectivity index (χ1) is 7.40. The zero-order valence-electron chi connectivity index (χ0n) is 11.8. The van der Waals surface area contributed by atoms with Crippen LogP contribution in [0.3, 0.4) is 0 Å². The van der Waals surface area contributed by atoms with Gasteiger partial charge in [-0.1, -0.05) is 20.3 Å². The molecule has 0 bridgehead atoms. The lowest BCUT2D eigenvalue weighted by atomic mass is 10.1. The van der Waals surface area contributed by atoms with Gasteiger partial charge in [-0.3, -0.25) is 0 Å². The Hall–Kier alpha value is -0.0800. The van der Waals surface area contributed by atoms with Crippen LogP contribution in [0.15, 0.2) is 0 Å². The SMILES string of the molecule is CCC1CCN(CC(C)CNC(C)(C)C)C1. The van der Waals surface area contributed by atoms with Crippen LogP contribution >= 0.6 is 0 Å². The van der Waals surface area contributed by atoms with Gasteiger partial charge in [-0.2, -0.15) is 0 Å². The van der Waals surface area contributed by atoms with E-state index in [1.165, 1.54) is 32.5 Å². The largest absolute Gasteiger partial charge is 0.312 e. The molecule has 0 aromatic heterocycles. The zero-order chi connectivity index (χ0) is 12.2. The van der Waals surface area contributed by atoms with Crippen molar-refractivity contribution in [3.8, 4) is 0 Å². The number of hydrogen-bond acceptors (Lipinski definition) is 2. The van der Waals surface area contributed by atoms with Gasteiger partial charge in [0.15, 0.2) is 0 Å². The van der Waals surface area contributed by atoms with Gasteiger partial charge in [0.25, 0.3) is 0 Å². The highest BCUT2D eigenvalue weighted by Gasteiger charge is 2.22. The average Bonchev–Trinajstić information content (AvgIpc) is 2.61. The molecule has 2 atom stereocenters. The number of nitrogens with one attached hydrogen (secondary N) is 1. The Bertz CT molecular complexity index is 195. The van der Waals surface area contributed by atoms with Crippen LogP contribution in [0, 0.1) is 11.8 Å². The number of nitrogens with zero attached hydrogens (tertiary/aromatic N) is 1. The van der Waals surface area contributed by atoms with E-state index < -0.39 is 0 Å². The highest BCUT2D eigenvalue weighted by Crippen LogP contribution is 2.19. The quantitative estimate of drug-likeness (QED) is 0.775. The lowest BCUT2D eigenvalue weighted by Gasteiger charge is -2.26. The third-order valence-electron chi connectivity index (χ3n) is 3.50. The molecule has 0 aliphatic carbocycles. The van der Waals surface area contributed by atoms with Crippen LogP contribution in [-0.4, -0.2) is 36.6 Å². The molecule has 0 saturated carbocycles. The summed E-state index contributed by atoms with van der Waals surface area (Å²) in [5.74, 6) is 1.72. The fourth-order valence-electron chi connectivity index (χ4n) is 2.40. The Morgan fingerprint density at radius 3 is 2.56 bits per heavy atom. The molecule has 96 valence electrons. The van der Waals surface area contributed by atoms with Crippen LogP contribution in [0.4, 0.5) is 0 Å².